The van der Waals surface area contributed by atoms with Crippen molar-refractivity contribution in [3.05, 3.63) is 18.5 Å². The molecule has 0 aliphatic heterocycles. The van der Waals surface area contributed by atoms with Gasteiger partial charge in [-0.3, -0.25) is 9.48 Å². The summed E-state index contributed by atoms with van der Waals surface area (Å²) in [7, 11) is 0. The van der Waals surface area contributed by atoms with Gasteiger partial charge in [-0.1, -0.05) is 6.92 Å². The highest BCUT2D eigenvalue weighted by atomic mass is 16.2. The van der Waals surface area contributed by atoms with Crippen LogP contribution in [0.2, 0.25) is 0 Å². The van der Waals surface area contributed by atoms with Crippen LogP contribution in [0.15, 0.2) is 18.5 Å². The number of hydrogen-bond acceptors (Lipinski definition) is 3. The summed E-state index contributed by atoms with van der Waals surface area (Å²) in [5.74, 6) is -0.0454. The number of nitrogens with zero attached hydrogens (tertiary/aromatic N) is 2. The van der Waals surface area contributed by atoms with E-state index in [2.05, 4.69) is 10.4 Å². The third kappa shape index (κ3) is 3.06. The Kier molecular flexibility index (Phi) is 4.30. The molecule has 1 amide bonds. The fourth-order valence-corrected chi connectivity index (χ4v) is 1.28. The van der Waals surface area contributed by atoms with E-state index in [1.54, 1.807) is 23.1 Å². The van der Waals surface area contributed by atoms with Crippen LogP contribution < -0.4 is 11.1 Å². The molecule has 5 nitrogen and oxygen atoms in total. The van der Waals surface area contributed by atoms with E-state index in [9.17, 15) is 4.79 Å². The number of hydrogen-bond donors (Lipinski definition) is 2. The Balaban J connectivity index is 2.53. The zero-order chi connectivity index (χ0) is 11.3. The molecule has 0 saturated heterocycles. The summed E-state index contributed by atoms with van der Waals surface area (Å²) in [5.41, 5.74) is 5.51. The minimum atomic E-state index is -0.291. The van der Waals surface area contributed by atoms with Gasteiger partial charge in [0.05, 0.1) is 0 Å². The third-order valence-electron chi connectivity index (χ3n) is 2.42. The van der Waals surface area contributed by atoms with Crippen LogP contribution in [0.4, 0.5) is 0 Å². The van der Waals surface area contributed by atoms with Crippen molar-refractivity contribution in [1.29, 1.82) is 0 Å². The molecule has 1 aromatic heterocycles. The van der Waals surface area contributed by atoms with Crippen molar-refractivity contribution in [2.75, 3.05) is 6.54 Å². The molecule has 0 bridgehead atoms. The Labute approximate surface area is 89.6 Å². The molecule has 0 aliphatic rings. The van der Waals surface area contributed by atoms with Crippen molar-refractivity contribution in [3.63, 3.8) is 0 Å². The van der Waals surface area contributed by atoms with E-state index >= 15 is 0 Å². The lowest BCUT2D eigenvalue weighted by Gasteiger charge is -2.18. The second kappa shape index (κ2) is 5.50. The van der Waals surface area contributed by atoms with Crippen molar-refractivity contribution in [1.82, 2.24) is 15.1 Å². The lowest BCUT2D eigenvalue weighted by atomic mass is 10.2. The molecule has 0 aliphatic carbocycles. The van der Waals surface area contributed by atoms with E-state index in [1.807, 2.05) is 13.8 Å². The van der Waals surface area contributed by atoms with Gasteiger partial charge in [-0.05, 0) is 19.4 Å². The molecule has 3 N–H and O–H groups in total. The van der Waals surface area contributed by atoms with E-state index in [-0.39, 0.29) is 18.0 Å². The molecular weight excluding hydrogens is 192 g/mol. The summed E-state index contributed by atoms with van der Waals surface area (Å²) in [5, 5.41) is 6.90. The SMILES string of the molecule is CCC(CN)NC(=O)C(C)n1cccn1. The van der Waals surface area contributed by atoms with Gasteiger partial charge in [0.1, 0.15) is 6.04 Å². The normalized spacial score (nSPS) is 14.6. The first kappa shape index (κ1) is 11.7. The Morgan fingerprint density at radius 2 is 2.40 bits per heavy atom. The lowest BCUT2D eigenvalue weighted by molar-refractivity contribution is -0.124. The summed E-state index contributed by atoms with van der Waals surface area (Å²) < 4.78 is 1.62. The molecule has 0 saturated carbocycles. The number of nitrogens with one attached hydrogen (secondary N) is 1. The summed E-state index contributed by atoms with van der Waals surface area (Å²) in [4.78, 5) is 11.7. The molecule has 2 atom stereocenters. The van der Waals surface area contributed by atoms with Crippen LogP contribution in [0.3, 0.4) is 0 Å². The summed E-state index contributed by atoms with van der Waals surface area (Å²) >= 11 is 0. The van der Waals surface area contributed by atoms with Crippen molar-refractivity contribution >= 4 is 5.91 Å². The molecule has 1 rings (SSSR count). The van der Waals surface area contributed by atoms with E-state index < -0.39 is 0 Å². The number of carbonyl (C=O) groups excluding carboxylic acids is 1. The van der Waals surface area contributed by atoms with Gasteiger partial charge in [-0.25, -0.2) is 0 Å². The molecule has 84 valence electrons. The highest BCUT2D eigenvalue weighted by molar-refractivity contribution is 5.80. The molecule has 0 aromatic carbocycles. The highest BCUT2D eigenvalue weighted by Gasteiger charge is 2.17. The maximum atomic E-state index is 11.7. The summed E-state index contributed by atoms with van der Waals surface area (Å²) in [6.45, 7) is 4.27. The number of carbonyl (C=O) groups is 1. The molecule has 0 spiro atoms. The minimum Gasteiger partial charge on any atom is -0.350 e. The van der Waals surface area contributed by atoms with E-state index in [4.69, 9.17) is 5.73 Å². The van der Waals surface area contributed by atoms with Crippen LogP contribution >= 0.6 is 0 Å². The van der Waals surface area contributed by atoms with Gasteiger partial charge in [0, 0.05) is 25.0 Å². The lowest BCUT2D eigenvalue weighted by Crippen LogP contribution is -2.42. The quantitative estimate of drug-likeness (QED) is 0.734. The molecule has 1 aromatic rings. The van der Waals surface area contributed by atoms with Gasteiger partial charge in [0.2, 0.25) is 5.91 Å². The monoisotopic (exact) mass is 210 g/mol. The topological polar surface area (TPSA) is 72.9 Å². The molecule has 5 heteroatoms. The number of rotatable bonds is 5. The van der Waals surface area contributed by atoms with E-state index in [0.717, 1.165) is 6.42 Å². The Bertz CT molecular complexity index is 292. The largest absolute Gasteiger partial charge is 0.350 e. The second-order valence-corrected chi connectivity index (χ2v) is 3.51. The molecule has 0 fully saturated rings. The second-order valence-electron chi connectivity index (χ2n) is 3.51. The Hall–Kier alpha value is -1.36. The number of aromatic nitrogens is 2. The summed E-state index contributed by atoms with van der Waals surface area (Å²) in [6.07, 6.45) is 4.27. The van der Waals surface area contributed by atoms with Gasteiger partial charge in [-0.15, -0.1) is 0 Å². The van der Waals surface area contributed by atoms with Gasteiger partial charge in [-0.2, -0.15) is 5.10 Å². The van der Waals surface area contributed by atoms with Gasteiger partial charge < -0.3 is 11.1 Å². The van der Waals surface area contributed by atoms with Gasteiger partial charge >= 0.3 is 0 Å². The maximum absolute atomic E-state index is 11.7. The Morgan fingerprint density at radius 3 is 2.87 bits per heavy atom. The zero-order valence-electron chi connectivity index (χ0n) is 9.18. The first-order valence-corrected chi connectivity index (χ1v) is 5.18. The molecule has 0 radical (unpaired) electrons. The van der Waals surface area contributed by atoms with Crippen molar-refractivity contribution in [2.45, 2.75) is 32.4 Å². The standard InChI is InChI=1S/C10H18N4O/c1-3-9(7-11)13-10(15)8(2)14-6-4-5-12-14/h4-6,8-9H,3,7,11H2,1-2H3,(H,13,15). The molecular formula is C10H18N4O. The van der Waals surface area contributed by atoms with E-state index in [1.165, 1.54) is 0 Å². The predicted molar refractivity (Wildman–Crippen MR) is 58.2 cm³/mol. The van der Waals surface area contributed by atoms with Crippen LogP contribution in [0.25, 0.3) is 0 Å². The van der Waals surface area contributed by atoms with Crippen molar-refractivity contribution in [2.24, 2.45) is 5.73 Å². The molecule has 1 heterocycles. The van der Waals surface area contributed by atoms with Crippen LogP contribution in [0.1, 0.15) is 26.3 Å². The smallest absolute Gasteiger partial charge is 0.244 e. The number of amides is 1. The predicted octanol–water partition coefficient (Wildman–Crippen LogP) is 0.298. The third-order valence-corrected chi connectivity index (χ3v) is 2.42. The van der Waals surface area contributed by atoms with Crippen LogP contribution in [0, 0.1) is 0 Å². The first-order chi connectivity index (χ1) is 7.19. The summed E-state index contributed by atoms with van der Waals surface area (Å²) in [6, 6.07) is 1.56. The average Bonchev–Trinajstić information content (AvgIpc) is 2.77. The molecule has 15 heavy (non-hydrogen) atoms. The minimum absolute atomic E-state index is 0.0454. The molecule has 2 unspecified atom stereocenters. The maximum Gasteiger partial charge on any atom is 0.244 e. The van der Waals surface area contributed by atoms with Crippen molar-refractivity contribution < 1.29 is 4.79 Å². The highest BCUT2D eigenvalue weighted by Crippen LogP contribution is 2.03. The van der Waals surface area contributed by atoms with Gasteiger partial charge in [0.15, 0.2) is 0 Å². The number of nitrogens with two attached hydrogens (primary N) is 1. The van der Waals surface area contributed by atoms with Crippen molar-refractivity contribution in [3.8, 4) is 0 Å². The average molecular weight is 210 g/mol. The fourth-order valence-electron chi connectivity index (χ4n) is 1.28. The fraction of sp³-hybridized carbons (Fsp3) is 0.600. The first-order valence-electron chi connectivity index (χ1n) is 5.18. The van der Waals surface area contributed by atoms with E-state index in [0.29, 0.717) is 6.54 Å². The van der Waals surface area contributed by atoms with Gasteiger partial charge in [0.25, 0.3) is 0 Å². The van der Waals surface area contributed by atoms with Crippen LogP contribution in [0.5, 0.6) is 0 Å². The van der Waals surface area contributed by atoms with Crippen LogP contribution in [-0.2, 0) is 4.79 Å². The zero-order valence-corrected chi connectivity index (χ0v) is 9.18. The Morgan fingerprint density at radius 1 is 1.67 bits per heavy atom. The van der Waals surface area contributed by atoms with Crippen LogP contribution in [-0.4, -0.2) is 28.3 Å².